The summed E-state index contributed by atoms with van der Waals surface area (Å²) >= 11 is 0. The van der Waals surface area contributed by atoms with Crippen molar-refractivity contribution in [2.75, 3.05) is 26.3 Å². The molecule has 0 unspecified atom stereocenters. The fourth-order valence-electron chi connectivity index (χ4n) is 3.37. The van der Waals surface area contributed by atoms with E-state index < -0.39 is 0 Å². The molecule has 1 fully saturated rings. The van der Waals surface area contributed by atoms with Gasteiger partial charge in [0.15, 0.2) is 0 Å². The fourth-order valence-corrected chi connectivity index (χ4v) is 3.37. The number of ether oxygens (including phenoxy) is 1. The quantitative estimate of drug-likeness (QED) is 0.790. The lowest BCUT2D eigenvalue weighted by Gasteiger charge is -2.26. The van der Waals surface area contributed by atoms with Gasteiger partial charge >= 0.3 is 0 Å². The number of aryl methyl sites for hydroxylation is 1. The molecule has 0 saturated carbocycles. The van der Waals surface area contributed by atoms with Gasteiger partial charge in [0.1, 0.15) is 0 Å². The molecule has 2 aromatic rings. The average molecular weight is 384 g/mol. The topological polar surface area (TPSA) is 76.5 Å². The van der Waals surface area contributed by atoms with E-state index >= 15 is 0 Å². The molecule has 2 heterocycles. The molecule has 1 aromatic heterocycles. The van der Waals surface area contributed by atoms with Crippen molar-refractivity contribution in [3.05, 3.63) is 52.8 Å². The van der Waals surface area contributed by atoms with Gasteiger partial charge in [-0.15, -0.1) is 0 Å². The van der Waals surface area contributed by atoms with E-state index in [0.717, 1.165) is 17.0 Å². The molecule has 0 atom stereocenters. The summed E-state index contributed by atoms with van der Waals surface area (Å²) in [5, 5.41) is 7.54. The molecule has 0 aliphatic carbocycles. The van der Waals surface area contributed by atoms with Crippen LogP contribution in [0.15, 0.2) is 30.3 Å². The van der Waals surface area contributed by atoms with Crippen molar-refractivity contribution < 1.29 is 14.3 Å². The summed E-state index contributed by atoms with van der Waals surface area (Å²) in [4.78, 5) is 26.1. The Morgan fingerprint density at radius 2 is 1.82 bits per heavy atom. The standard InChI is InChI=1S/C21H28N4O3/c1-16-19(17(2)25(23-16)15-18-6-4-3-5-7-18)14-22-20(26)8-9-21(27)24-10-12-28-13-11-24/h3-7H,8-15H2,1-2H3,(H,22,26). The van der Waals surface area contributed by atoms with Crippen LogP contribution in [0.1, 0.15) is 35.4 Å². The van der Waals surface area contributed by atoms with Gasteiger partial charge in [0.05, 0.1) is 25.5 Å². The van der Waals surface area contributed by atoms with Crippen LogP contribution in [0.3, 0.4) is 0 Å². The summed E-state index contributed by atoms with van der Waals surface area (Å²) < 4.78 is 7.21. The Morgan fingerprint density at radius 3 is 2.54 bits per heavy atom. The van der Waals surface area contributed by atoms with Crippen LogP contribution >= 0.6 is 0 Å². The smallest absolute Gasteiger partial charge is 0.223 e. The number of benzene rings is 1. The van der Waals surface area contributed by atoms with Crippen molar-refractivity contribution in [3.63, 3.8) is 0 Å². The van der Waals surface area contributed by atoms with Crippen molar-refractivity contribution in [3.8, 4) is 0 Å². The molecule has 1 saturated heterocycles. The Hall–Kier alpha value is -2.67. The fraction of sp³-hybridized carbons (Fsp3) is 0.476. The van der Waals surface area contributed by atoms with Crippen molar-refractivity contribution in [1.29, 1.82) is 0 Å². The Balaban J connectivity index is 1.49. The van der Waals surface area contributed by atoms with Gasteiger partial charge in [-0.1, -0.05) is 30.3 Å². The maximum absolute atomic E-state index is 12.2. The Morgan fingerprint density at radius 1 is 1.11 bits per heavy atom. The SMILES string of the molecule is Cc1nn(Cc2ccccc2)c(C)c1CNC(=O)CCC(=O)N1CCOCC1. The molecule has 1 aliphatic rings. The highest BCUT2D eigenvalue weighted by Gasteiger charge is 2.18. The van der Waals surface area contributed by atoms with E-state index in [1.54, 1.807) is 4.90 Å². The minimum atomic E-state index is -0.115. The number of hydrogen-bond acceptors (Lipinski definition) is 4. The van der Waals surface area contributed by atoms with Gasteiger partial charge in [-0.05, 0) is 19.4 Å². The van der Waals surface area contributed by atoms with Crippen molar-refractivity contribution in [1.82, 2.24) is 20.0 Å². The zero-order valence-electron chi connectivity index (χ0n) is 16.6. The summed E-state index contributed by atoms with van der Waals surface area (Å²) in [7, 11) is 0. The van der Waals surface area contributed by atoms with Gasteiger partial charge in [0.25, 0.3) is 0 Å². The molecule has 2 amide bonds. The number of hydrogen-bond donors (Lipinski definition) is 1. The van der Waals surface area contributed by atoms with Gasteiger partial charge in [-0.25, -0.2) is 0 Å². The molecule has 7 nitrogen and oxygen atoms in total. The second-order valence-electron chi connectivity index (χ2n) is 7.06. The van der Waals surface area contributed by atoms with Crippen LogP contribution in [-0.4, -0.2) is 52.8 Å². The van der Waals surface area contributed by atoms with Crippen molar-refractivity contribution >= 4 is 11.8 Å². The van der Waals surface area contributed by atoms with Crippen LogP contribution in [-0.2, 0) is 27.4 Å². The summed E-state index contributed by atoms with van der Waals surface area (Å²) in [6.07, 6.45) is 0.434. The number of amides is 2. The maximum Gasteiger partial charge on any atom is 0.223 e. The van der Waals surface area contributed by atoms with Crippen LogP contribution in [0.25, 0.3) is 0 Å². The van der Waals surface area contributed by atoms with Crippen molar-refractivity contribution in [2.45, 2.75) is 39.8 Å². The monoisotopic (exact) mass is 384 g/mol. The molecule has 0 spiro atoms. The molecule has 150 valence electrons. The Kier molecular flexibility index (Phi) is 6.81. The largest absolute Gasteiger partial charge is 0.378 e. The second kappa shape index (κ2) is 9.50. The van der Waals surface area contributed by atoms with E-state index in [0.29, 0.717) is 39.4 Å². The van der Waals surface area contributed by atoms with Gasteiger partial charge in [0.2, 0.25) is 11.8 Å². The average Bonchev–Trinajstić information content (AvgIpc) is 2.98. The highest BCUT2D eigenvalue weighted by molar-refractivity contribution is 5.83. The second-order valence-corrected chi connectivity index (χ2v) is 7.06. The van der Waals surface area contributed by atoms with Crippen LogP contribution in [0, 0.1) is 13.8 Å². The predicted octanol–water partition coefficient (Wildman–Crippen LogP) is 1.80. The van der Waals surface area contributed by atoms with Crippen LogP contribution in [0.5, 0.6) is 0 Å². The highest BCUT2D eigenvalue weighted by Crippen LogP contribution is 2.15. The predicted molar refractivity (Wildman–Crippen MR) is 106 cm³/mol. The first-order valence-corrected chi connectivity index (χ1v) is 9.73. The molecular weight excluding hydrogens is 356 g/mol. The van der Waals surface area contributed by atoms with Gasteiger partial charge in [0, 0.05) is 43.7 Å². The summed E-state index contributed by atoms with van der Waals surface area (Å²) in [5.41, 5.74) is 4.18. The highest BCUT2D eigenvalue weighted by atomic mass is 16.5. The van der Waals surface area contributed by atoms with E-state index in [-0.39, 0.29) is 24.7 Å². The molecule has 0 bridgehead atoms. The molecule has 1 N–H and O–H groups in total. The number of rotatable bonds is 7. The minimum Gasteiger partial charge on any atom is -0.378 e. The van der Waals surface area contributed by atoms with Crippen molar-refractivity contribution in [2.24, 2.45) is 0 Å². The number of carbonyl (C=O) groups is 2. The first kappa shape index (κ1) is 20.1. The minimum absolute atomic E-state index is 0.0153. The molecule has 1 aromatic carbocycles. The van der Waals surface area contributed by atoms with E-state index in [9.17, 15) is 9.59 Å². The third-order valence-electron chi connectivity index (χ3n) is 5.10. The number of morpholine rings is 1. The number of carbonyl (C=O) groups excluding carboxylic acids is 2. The van der Waals surface area contributed by atoms with Gasteiger partial charge in [-0.2, -0.15) is 5.10 Å². The maximum atomic E-state index is 12.2. The van der Waals surface area contributed by atoms with E-state index in [1.165, 1.54) is 5.56 Å². The lowest BCUT2D eigenvalue weighted by atomic mass is 10.2. The molecular formula is C21H28N4O3. The first-order valence-electron chi connectivity index (χ1n) is 9.73. The summed E-state index contributed by atoms with van der Waals surface area (Å²) in [5.74, 6) is -0.0993. The van der Waals surface area contributed by atoms with Crippen LogP contribution in [0.2, 0.25) is 0 Å². The van der Waals surface area contributed by atoms with E-state index in [4.69, 9.17) is 4.74 Å². The lowest BCUT2D eigenvalue weighted by molar-refractivity contribution is -0.137. The molecule has 0 radical (unpaired) electrons. The summed E-state index contributed by atoms with van der Waals surface area (Å²) in [6.45, 7) is 7.47. The normalized spacial score (nSPS) is 14.1. The van der Waals surface area contributed by atoms with Crippen LogP contribution in [0.4, 0.5) is 0 Å². The first-order chi connectivity index (χ1) is 13.5. The third-order valence-corrected chi connectivity index (χ3v) is 5.10. The number of nitrogens with one attached hydrogen (secondary N) is 1. The molecule has 7 heteroatoms. The molecule has 3 rings (SSSR count). The Bertz CT molecular complexity index is 811. The number of nitrogens with zero attached hydrogens (tertiary/aromatic N) is 3. The number of aromatic nitrogens is 2. The zero-order valence-corrected chi connectivity index (χ0v) is 16.6. The lowest BCUT2D eigenvalue weighted by Crippen LogP contribution is -2.41. The molecule has 28 heavy (non-hydrogen) atoms. The zero-order chi connectivity index (χ0) is 19.9. The van der Waals surface area contributed by atoms with Gasteiger partial charge in [-0.3, -0.25) is 14.3 Å². The van der Waals surface area contributed by atoms with Crippen LogP contribution < -0.4 is 5.32 Å². The molecule has 1 aliphatic heterocycles. The van der Waals surface area contributed by atoms with Gasteiger partial charge < -0.3 is 15.0 Å². The van der Waals surface area contributed by atoms with E-state index in [1.807, 2.05) is 36.7 Å². The van der Waals surface area contributed by atoms with E-state index in [2.05, 4.69) is 22.5 Å². The Labute approximate surface area is 165 Å². The third kappa shape index (κ3) is 5.19. The summed E-state index contributed by atoms with van der Waals surface area (Å²) in [6, 6.07) is 10.2.